The van der Waals surface area contributed by atoms with Crippen LogP contribution in [-0.4, -0.2) is 43.9 Å². The Hall–Kier alpha value is -4.15. The first-order valence-electron chi connectivity index (χ1n) is 11.6. The quantitative estimate of drug-likeness (QED) is 0.255. The molecular formula is C26H28FN7O2. The number of anilines is 1. The van der Waals surface area contributed by atoms with Crippen LogP contribution in [0.5, 0.6) is 0 Å². The lowest BCUT2D eigenvalue weighted by atomic mass is 10.1. The lowest BCUT2D eigenvalue weighted by Gasteiger charge is -2.14. The van der Waals surface area contributed by atoms with Gasteiger partial charge in [0.1, 0.15) is 11.6 Å². The highest BCUT2D eigenvalue weighted by Gasteiger charge is 2.16. The Morgan fingerprint density at radius 2 is 2.06 bits per heavy atom. The Morgan fingerprint density at radius 1 is 1.17 bits per heavy atom. The standard InChI is InChI=1S/C26H28FN7O2/c27-21-5-1-3-18(13-21)8-10-30-25-22(26(36)31-15-19-4-2-9-29-24(19)14-28)6-7-23(33-25)20-16-32-34(17-20)11-12-35/h1-7,9,13,16-17,35H,8,10-12,14-15,28H2,(H,30,33)(H,31,36). The van der Waals surface area contributed by atoms with Crippen LogP contribution in [0.15, 0.2) is 67.1 Å². The molecule has 4 rings (SSSR count). The molecule has 1 amide bonds. The zero-order valence-corrected chi connectivity index (χ0v) is 19.7. The van der Waals surface area contributed by atoms with Crippen LogP contribution >= 0.6 is 0 Å². The number of nitrogens with zero attached hydrogens (tertiary/aromatic N) is 4. The number of aliphatic hydroxyl groups is 1. The molecule has 1 aromatic carbocycles. The zero-order chi connectivity index (χ0) is 25.3. The van der Waals surface area contributed by atoms with Gasteiger partial charge in [-0.3, -0.25) is 14.5 Å². The minimum absolute atomic E-state index is 0.0245. The van der Waals surface area contributed by atoms with Gasteiger partial charge in [-0.25, -0.2) is 9.37 Å². The summed E-state index contributed by atoms with van der Waals surface area (Å²) in [5.74, 6) is -0.188. The molecule has 0 aliphatic rings. The summed E-state index contributed by atoms with van der Waals surface area (Å²) >= 11 is 0. The van der Waals surface area contributed by atoms with Gasteiger partial charge in [0.05, 0.1) is 36.3 Å². The number of carbonyl (C=O) groups is 1. The molecule has 3 heterocycles. The molecule has 0 saturated heterocycles. The van der Waals surface area contributed by atoms with Crippen molar-refractivity contribution < 1.29 is 14.3 Å². The molecule has 0 aliphatic carbocycles. The van der Waals surface area contributed by atoms with Gasteiger partial charge in [-0.15, -0.1) is 0 Å². The molecule has 3 aromatic heterocycles. The molecule has 0 unspecified atom stereocenters. The topological polar surface area (TPSA) is 131 Å². The van der Waals surface area contributed by atoms with E-state index in [2.05, 4.69) is 25.7 Å². The third kappa shape index (κ3) is 6.29. The highest BCUT2D eigenvalue weighted by atomic mass is 19.1. The smallest absolute Gasteiger partial charge is 0.255 e. The average molecular weight is 490 g/mol. The number of rotatable bonds is 11. The maximum Gasteiger partial charge on any atom is 0.255 e. The van der Waals surface area contributed by atoms with Crippen LogP contribution in [0.25, 0.3) is 11.3 Å². The molecule has 0 saturated carbocycles. The van der Waals surface area contributed by atoms with E-state index < -0.39 is 0 Å². The van der Waals surface area contributed by atoms with E-state index >= 15 is 0 Å². The number of pyridine rings is 2. The molecule has 0 fully saturated rings. The monoisotopic (exact) mass is 489 g/mol. The van der Waals surface area contributed by atoms with Crippen LogP contribution in [0.1, 0.15) is 27.2 Å². The van der Waals surface area contributed by atoms with Crippen molar-refractivity contribution in [2.45, 2.75) is 26.1 Å². The Morgan fingerprint density at radius 3 is 2.86 bits per heavy atom. The van der Waals surface area contributed by atoms with E-state index in [1.165, 1.54) is 12.1 Å². The van der Waals surface area contributed by atoms with Crippen LogP contribution in [0.3, 0.4) is 0 Å². The van der Waals surface area contributed by atoms with E-state index in [0.29, 0.717) is 36.6 Å². The second kappa shape index (κ2) is 12.0. The summed E-state index contributed by atoms with van der Waals surface area (Å²) in [6, 6.07) is 13.5. The Labute approximate surface area is 208 Å². The molecule has 0 aliphatic heterocycles. The molecule has 36 heavy (non-hydrogen) atoms. The number of nitrogens with two attached hydrogens (primary N) is 1. The zero-order valence-electron chi connectivity index (χ0n) is 19.7. The summed E-state index contributed by atoms with van der Waals surface area (Å²) in [7, 11) is 0. The van der Waals surface area contributed by atoms with Crippen molar-refractivity contribution in [3.8, 4) is 11.3 Å². The van der Waals surface area contributed by atoms with Crippen molar-refractivity contribution in [2.75, 3.05) is 18.5 Å². The maximum absolute atomic E-state index is 13.5. The largest absolute Gasteiger partial charge is 0.394 e. The lowest BCUT2D eigenvalue weighted by molar-refractivity contribution is 0.0951. The molecule has 186 valence electrons. The van der Waals surface area contributed by atoms with E-state index in [1.807, 2.05) is 12.1 Å². The Bertz CT molecular complexity index is 1330. The summed E-state index contributed by atoms with van der Waals surface area (Å²) in [5.41, 5.74) is 9.91. The summed E-state index contributed by atoms with van der Waals surface area (Å²) in [5, 5.41) is 19.5. The summed E-state index contributed by atoms with van der Waals surface area (Å²) in [4.78, 5) is 22.0. The number of halogens is 1. The third-order valence-corrected chi connectivity index (χ3v) is 5.61. The van der Waals surface area contributed by atoms with Gasteiger partial charge >= 0.3 is 0 Å². The van der Waals surface area contributed by atoms with Gasteiger partial charge in [0.15, 0.2) is 0 Å². The van der Waals surface area contributed by atoms with Crippen molar-refractivity contribution in [3.05, 3.63) is 95.3 Å². The molecule has 0 atom stereocenters. The highest BCUT2D eigenvalue weighted by molar-refractivity contribution is 5.99. The summed E-state index contributed by atoms with van der Waals surface area (Å²) in [6.07, 6.45) is 5.66. The van der Waals surface area contributed by atoms with Gasteiger partial charge in [-0.2, -0.15) is 5.10 Å². The SMILES string of the molecule is NCc1ncccc1CNC(=O)c1ccc(-c2cnn(CCO)c2)nc1NCCc1cccc(F)c1. The van der Waals surface area contributed by atoms with E-state index in [1.54, 1.807) is 47.5 Å². The first kappa shape index (κ1) is 25.0. The molecule has 0 radical (unpaired) electrons. The summed E-state index contributed by atoms with van der Waals surface area (Å²) < 4.78 is 15.2. The fraction of sp³-hybridized carbons (Fsp3) is 0.231. The molecule has 9 nitrogen and oxygen atoms in total. The summed E-state index contributed by atoms with van der Waals surface area (Å²) in [6.45, 7) is 1.35. The van der Waals surface area contributed by atoms with Gasteiger partial charge < -0.3 is 21.5 Å². The van der Waals surface area contributed by atoms with Crippen LogP contribution in [0.2, 0.25) is 0 Å². The van der Waals surface area contributed by atoms with Gasteiger partial charge in [0, 0.05) is 37.6 Å². The average Bonchev–Trinajstić information content (AvgIpc) is 3.36. The number of amides is 1. The van der Waals surface area contributed by atoms with Crippen molar-refractivity contribution in [1.82, 2.24) is 25.1 Å². The van der Waals surface area contributed by atoms with E-state index in [-0.39, 0.29) is 31.4 Å². The van der Waals surface area contributed by atoms with Crippen molar-refractivity contribution in [3.63, 3.8) is 0 Å². The minimum atomic E-state index is -0.301. The van der Waals surface area contributed by atoms with Crippen molar-refractivity contribution >= 4 is 11.7 Å². The lowest BCUT2D eigenvalue weighted by Crippen LogP contribution is -2.25. The van der Waals surface area contributed by atoms with Crippen molar-refractivity contribution in [1.29, 1.82) is 0 Å². The number of carbonyl (C=O) groups excluding carboxylic acids is 1. The number of aromatic nitrogens is 4. The van der Waals surface area contributed by atoms with Gasteiger partial charge in [-0.1, -0.05) is 18.2 Å². The highest BCUT2D eigenvalue weighted by Crippen LogP contribution is 2.22. The van der Waals surface area contributed by atoms with E-state index in [9.17, 15) is 9.18 Å². The molecule has 0 spiro atoms. The molecule has 4 aromatic rings. The van der Waals surface area contributed by atoms with Gasteiger partial charge in [0.25, 0.3) is 5.91 Å². The molecular weight excluding hydrogens is 461 g/mol. The second-order valence-corrected chi connectivity index (χ2v) is 8.11. The first-order valence-corrected chi connectivity index (χ1v) is 11.6. The van der Waals surface area contributed by atoms with Gasteiger partial charge in [-0.05, 0) is 47.9 Å². The van der Waals surface area contributed by atoms with E-state index in [0.717, 1.165) is 22.4 Å². The Kier molecular flexibility index (Phi) is 8.32. The van der Waals surface area contributed by atoms with E-state index in [4.69, 9.17) is 10.8 Å². The van der Waals surface area contributed by atoms with Crippen LogP contribution in [-0.2, 0) is 26.1 Å². The minimum Gasteiger partial charge on any atom is -0.394 e. The van der Waals surface area contributed by atoms with Crippen molar-refractivity contribution in [2.24, 2.45) is 5.73 Å². The number of aliphatic hydroxyl groups excluding tert-OH is 1. The van der Waals surface area contributed by atoms with Crippen LogP contribution in [0.4, 0.5) is 10.2 Å². The van der Waals surface area contributed by atoms with Gasteiger partial charge in [0.2, 0.25) is 0 Å². The normalized spacial score (nSPS) is 10.9. The predicted octanol–water partition coefficient (Wildman–Crippen LogP) is 2.51. The fourth-order valence-corrected chi connectivity index (χ4v) is 3.76. The molecule has 5 N–H and O–H groups in total. The second-order valence-electron chi connectivity index (χ2n) is 8.11. The Balaban J connectivity index is 1.54. The first-order chi connectivity index (χ1) is 17.6. The van der Waals surface area contributed by atoms with Crippen LogP contribution in [0, 0.1) is 5.82 Å². The number of hydrogen-bond acceptors (Lipinski definition) is 7. The number of nitrogens with one attached hydrogen (secondary N) is 2. The maximum atomic E-state index is 13.5. The molecule has 10 heteroatoms. The predicted molar refractivity (Wildman–Crippen MR) is 134 cm³/mol. The molecule has 0 bridgehead atoms. The number of benzene rings is 1. The number of hydrogen-bond donors (Lipinski definition) is 4. The third-order valence-electron chi connectivity index (χ3n) is 5.61. The fourth-order valence-electron chi connectivity index (χ4n) is 3.76. The van der Waals surface area contributed by atoms with Crippen LogP contribution < -0.4 is 16.4 Å².